The molecular weight excluding hydrogens is 392 g/mol. The van der Waals surface area contributed by atoms with Crippen LogP contribution < -0.4 is 4.90 Å². The van der Waals surface area contributed by atoms with Gasteiger partial charge >= 0.3 is 0 Å². The molecule has 5 heteroatoms. The fourth-order valence-electron chi connectivity index (χ4n) is 4.13. The van der Waals surface area contributed by atoms with E-state index in [9.17, 15) is 0 Å². The summed E-state index contributed by atoms with van der Waals surface area (Å²) in [7, 11) is 2.20. The molecule has 0 unspecified atom stereocenters. The van der Waals surface area contributed by atoms with Crippen LogP contribution in [0.2, 0.25) is 0 Å². The summed E-state index contributed by atoms with van der Waals surface area (Å²) in [5, 5.41) is 11.3. The molecular formula is C25H31ClN4. The van der Waals surface area contributed by atoms with Crippen LogP contribution in [0, 0.1) is 0 Å². The Kier molecular flexibility index (Phi) is 8.23. The SMILES string of the molecule is CN(CCCN1CCCCC1)c1ccc(N=Nc2ccccc2)c2ccccc12.Cl. The summed E-state index contributed by atoms with van der Waals surface area (Å²) < 4.78 is 0. The van der Waals surface area contributed by atoms with Crippen LogP contribution in [0.3, 0.4) is 0 Å². The van der Waals surface area contributed by atoms with Crippen molar-refractivity contribution in [1.29, 1.82) is 0 Å². The fourth-order valence-corrected chi connectivity index (χ4v) is 4.13. The maximum atomic E-state index is 4.53. The first-order valence-electron chi connectivity index (χ1n) is 10.7. The molecule has 0 spiro atoms. The zero-order valence-corrected chi connectivity index (χ0v) is 18.5. The molecule has 0 amide bonds. The van der Waals surface area contributed by atoms with Crippen LogP contribution >= 0.6 is 12.4 Å². The molecule has 0 radical (unpaired) electrons. The van der Waals surface area contributed by atoms with Crippen molar-refractivity contribution in [2.75, 3.05) is 38.1 Å². The number of fused-ring (bicyclic) bond motifs is 1. The van der Waals surface area contributed by atoms with Crippen molar-refractivity contribution in [1.82, 2.24) is 4.90 Å². The van der Waals surface area contributed by atoms with Gasteiger partial charge in [-0.2, -0.15) is 5.11 Å². The van der Waals surface area contributed by atoms with Crippen molar-refractivity contribution in [3.8, 4) is 0 Å². The molecule has 30 heavy (non-hydrogen) atoms. The van der Waals surface area contributed by atoms with Gasteiger partial charge in [0.25, 0.3) is 0 Å². The molecule has 0 saturated carbocycles. The van der Waals surface area contributed by atoms with E-state index < -0.39 is 0 Å². The molecule has 1 saturated heterocycles. The first-order valence-corrected chi connectivity index (χ1v) is 10.7. The Hall–Kier alpha value is -2.43. The van der Waals surface area contributed by atoms with Gasteiger partial charge in [-0.15, -0.1) is 17.5 Å². The highest BCUT2D eigenvalue weighted by Gasteiger charge is 2.12. The van der Waals surface area contributed by atoms with Crippen LogP contribution in [0.1, 0.15) is 25.7 Å². The molecule has 0 bridgehead atoms. The maximum Gasteiger partial charge on any atom is 0.0936 e. The monoisotopic (exact) mass is 422 g/mol. The summed E-state index contributed by atoms with van der Waals surface area (Å²) in [6.45, 7) is 4.80. The molecule has 1 aliphatic heterocycles. The summed E-state index contributed by atoms with van der Waals surface area (Å²) in [5.74, 6) is 0. The van der Waals surface area contributed by atoms with E-state index in [4.69, 9.17) is 0 Å². The minimum Gasteiger partial charge on any atom is -0.374 e. The van der Waals surface area contributed by atoms with Crippen molar-refractivity contribution in [2.45, 2.75) is 25.7 Å². The van der Waals surface area contributed by atoms with Gasteiger partial charge in [-0.3, -0.25) is 0 Å². The van der Waals surface area contributed by atoms with Crippen molar-refractivity contribution in [2.24, 2.45) is 10.2 Å². The smallest absolute Gasteiger partial charge is 0.0936 e. The standard InChI is InChI=1S/C25H30N4.ClH/c1-28(17-10-20-29-18-8-3-9-19-29)25-16-15-24(22-13-6-7-14-23(22)25)27-26-21-11-4-2-5-12-21;/h2,4-7,11-16H,3,8-10,17-20H2,1H3;1H. The lowest BCUT2D eigenvalue weighted by molar-refractivity contribution is 0.227. The summed E-state index contributed by atoms with van der Waals surface area (Å²) in [6.07, 6.45) is 5.32. The van der Waals surface area contributed by atoms with E-state index in [0.717, 1.165) is 23.3 Å². The molecule has 1 aliphatic rings. The third-order valence-corrected chi connectivity index (χ3v) is 5.74. The average Bonchev–Trinajstić information content (AvgIpc) is 2.79. The van der Waals surface area contributed by atoms with E-state index in [-0.39, 0.29) is 12.4 Å². The molecule has 3 aromatic carbocycles. The van der Waals surface area contributed by atoms with Crippen LogP contribution in [0.4, 0.5) is 17.1 Å². The van der Waals surface area contributed by atoms with Crippen LogP contribution in [0.5, 0.6) is 0 Å². The molecule has 158 valence electrons. The Morgan fingerprint density at radius 3 is 2.27 bits per heavy atom. The Labute approximate surface area is 186 Å². The Balaban J connectivity index is 0.00000256. The van der Waals surface area contributed by atoms with Gasteiger partial charge in [0.15, 0.2) is 0 Å². The molecule has 4 nitrogen and oxygen atoms in total. The molecule has 0 atom stereocenters. The Morgan fingerprint density at radius 2 is 1.50 bits per heavy atom. The largest absolute Gasteiger partial charge is 0.374 e. The van der Waals surface area contributed by atoms with Crippen LogP contribution in [0.25, 0.3) is 10.8 Å². The number of anilines is 1. The van der Waals surface area contributed by atoms with Crippen molar-refractivity contribution >= 4 is 40.2 Å². The third kappa shape index (κ3) is 5.59. The third-order valence-electron chi connectivity index (χ3n) is 5.74. The minimum atomic E-state index is 0. The Bertz CT molecular complexity index is 952. The zero-order chi connectivity index (χ0) is 19.9. The minimum absolute atomic E-state index is 0. The molecule has 0 N–H and O–H groups in total. The molecule has 0 aromatic heterocycles. The number of rotatable bonds is 7. The number of nitrogens with zero attached hydrogens (tertiary/aromatic N) is 4. The number of benzene rings is 3. The lowest BCUT2D eigenvalue weighted by Crippen LogP contribution is -2.32. The van der Waals surface area contributed by atoms with E-state index in [1.165, 1.54) is 56.4 Å². The quantitative estimate of drug-likeness (QED) is 0.384. The molecule has 0 aliphatic carbocycles. The Morgan fingerprint density at radius 1 is 0.800 bits per heavy atom. The summed E-state index contributed by atoms with van der Waals surface area (Å²) in [4.78, 5) is 4.99. The van der Waals surface area contributed by atoms with Gasteiger partial charge in [0.1, 0.15) is 0 Å². The first kappa shape index (κ1) is 22.3. The topological polar surface area (TPSA) is 31.2 Å². The molecule has 1 heterocycles. The number of halogens is 1. The van der Waals surface area contributed by atoms with Gasteiger partial charge in [0.05, 0.1) is 11.4 Å². The van der Waals surface area contributed by atoms with Crippen LogP contribution in [-0.4, -0.2) is 38.1 Å². The van der Waals surface area contributed by atoms with Crippen molar-refractivity contribution in [3.05, 3.63) is 66.7 Å². The van der Waals surface area contributed by atoms with Crippen molar-refractivity contribution in [3.63, 3.8) is 0 Å². The normalized spacial score (nSPS) is 14.7. The number of azo groups is 1. The molecule has 1 fully saturated rings. The van der Waals surface area contributed by atoms with E-state index >= 15 is 0 Å². The van der Waals surface area contributed by atoms with Gasteiger partial charge in [0.2, 0.25) is 0 Å². The van der Waals surface area contributed by atoms with Crippen LogP contribution in [0.15, 0.2) is 77.0 Å². The predicted octanol–water partition coefficient (Wildman–Crippen LogP) is 6.99. The highest BCUT2D eigenvalue weighted by atomic mass is 35.5. The number of likely N-dealkylation sites (tertiary alicyclic amines) is 1. The van der Waals surface area contributed by atoms with E-state index in [0.29, 0.717) is 0 Å². The van der Waals surface area contributed by atoms with Gasteiger partial charge in [0, 0.05) is 30.1 Å². The second-order valence-electron chi connectivity index (χ2n) is 7.86. The van der Waals surface area contributed by atoms with Crippen LogP contribution in [-0.2, 0) is 0 Å². The maximum absolute atomic E-state index is 4.53. The summed E-state index contributed by atoms with van der Waals surface area (Å²) in [5.41, 5.74) is 3.04. The highest BCUT2D eigenvalue weighted by molar-refractivity contribution is 6.01. The van der Waals surface area contributed by atoms with Crippen molar-refractivity contribution < 1.29 is 0 Å². The lowest BCUT2D eigenvalue weighted by Gasteiger charge is -2.28. The number of piperidine rings is 1. The number of hydrogen-bond donors (Lipinski definition) is 0. The molecule has 4 rings (SSSR count). The van der Waals surface area contributed by atoms with E-state index in [1.807, 2.05) is 30.3 Å². The van der Waals surface area contributed by atoms with Gasteiger partial charge in [-0.25, -0.2) is 0 Å². The van der Waals surface area contributed by atoms with Gasteiger partial charge in [-0.05, 0) is 63.2 Å². The predicted molar refractivity (Wildman–Crippen MR) is 130 cm³/mol. The number of hydrogen-bond acceptors (Lipinski definition) is 4. The van der Waals surface area contributed by atoms with E-state index in [1.54, 1.807) is 0 Å². The fraction of sp³-hybridized carbons (Fsp3) is 0.360. The summed E-state index contributed by atoms with van der Waals surface area (Å²) >= 11 is 0. The second kappa shape index (κ2) is 11.1. The lowest BCUT2D eigenvalue weighted by atomic mass is 10.1. The zero-order valence-electron chi connectivity index (χ0n) is 17.7. The summed E-state index contributed by atoms with van der Waals surface area (Å²) in [6, 6.07) is 22.7. The van der Waals surface area contributed by atoms with Gasteiger partial charge < -0.3 is 9.80 Å². The second-order valence-corrected chi connectivity index (χ2v) is 7.86. The highest BCUT2D eigenvalue weighted by Crippen LogP contribution is 2.34. The first-order chi connectivity index (χ1) is 14.3. The molecule has 3 aromatic rings. The average molecular weight is 423 g/mol. The van der Waals surface area contributed by atoms with E-state index in [2.05, 4.69) is 63.5 Å². The van der Waals surface area contributed by atoms with Gasteiger partial charge in [-0.1, -0.05) is 48.9 Å².